The van der Waals surface area contributed by atoms with Crippen LogP contribution in [0.5, 0.6) is 0 Å². The summed E-state index contributed by atoms with van der Waals surface area (Å²) in [7, 11) is 0. The van der Waals surface area contributed by atoms with Crippen molar-refractivity contribution in [3.63, 3.8) is 0 Å². The summed E-state index contributed by atoms with van der Waals surface area (Å²) in [5.41, 5.74) is 0.853. The predicted octanol–water partition coefficient (Wildman–Crippen LogP) is 2.26. The molecular weight excluding hydrogens is 312 g/mol. The quantitative estimate of drug-likeness (QED) is 0.677. The molecule has 0 spiro atoms. The molecule has 3 rings (SSSR count). The molecule has 0 aliphatic rings. The number of fused-ring (bicyclic) bond motifs is 1. The van der Waals surface area contributed by atoms with Crippen LogP contribution in [0.4, 0.5) is 0 Å². The minimum absolute atomic E-state index is 0.0865. The highest BCUT2D eigenvalue weighted by Crippen LogP contribution is 2.18. The minimum atomic E-state index is 0.0865. The smallest absolute Gasteiger partial charge is 0.226 e. The summed E-state index contributed by atoms with van der Waals surface area (Å²) in [6, 6.07) is 5.99. The van der Waals surface area contributed by atoms with Crippen LogP contribution in [-0.4, -0.2) is 36.7 Å². The van der Waals surface area contributed by atoms with Crippen molar-refractivity contribution >= 4 is 17.4 Å². The second-order valence-corrected chi connectivity index (χ2v) is 6.15. The van der Waals surface area contributed by atoms with Crippen LogP contribution in [0, 0.1) is 0 Å². The fourth-order valence-corrected chi connectivity index (χ4v) is 2.85. The zero-order chi connectivity index (χ0) is 16.1. The number of hydrogen-bond acceptors (Lipinski definition) is 7. The standard InChI is InChI=1S/C15H20N6OS/c1-3-14-17-12(20-22-14)10-16-11(7-9-23-2)15-19-18-13-6-4-5-8-21(13)15/h4-6,8,11,16H,3,7,9-10H2,1-2H3/t11-/m0/s1. The lowest BCUT2D eigenvalue weighted by Gasteiger charge is -2.15. The summed E-state index contributed by atoms with van der Waals surface area (Å²) in [4.78, 5) is 4.34. The molecule has 8 heteroatoms. The first-order valence-corrected chi connectivity index (χ1v) is 9.04. The number of aromatic nitrogens is 5. The zero-order valence-electron chi connectivity index (χ0n) is 13.3. The van der Waals surface area contributed by atoms with Crippen LogP contribution in [0.25, 0.3) is 5.65 Å². The molecule has 0 bridgehead atoms. The second kappa shape index (κ2) is 7.56. The highest BCUT2D eigenvalue weighted by atomic mass is 32.2. The number of aryl methyl sites for hydroxylation is 1. The van der Waals surface area contributed by atoms with E-state index in [9.17, 15) is 0 Å². The van der Waals surface area contributed by atoms with Crippen LogP contribution >= 0.6 is 11.8 Å². The van der Waals surface area contributed by atoms with Gasteiger partial charge in [0.25, 0.3) is 0 Å². The molecule has 122 valence electrons. The molecule has 0 radical (unpaired) electrons. The molecule has 0 saturated heterocycles. The van der Waals surface area contributed by atoms with E-state index in [-0.39, 0.29) is 6.04 Å². The molecule has 0 aromatic carbocycles. The topological polar surface area (TPSA) is 81.1 Å². The van der Waals surface area contributed by atoms with Gasteiger partial charge in [-0.05, 0) is 30.6 Å². The van der Waals surface area contributed by atoms with E-state index < -0.39 is 0 Å². The Kier molecular flexibility index (Phi) is 5.24. The number of nitrogens with zero attached hydrogens (tertiary/aromatic N) is 5. The van der Waals surface area contributed by atoms with E-state index in [4.69, 9.17) is 4.52 Å². The fourth-order valence-electron chi connectivity index (χ4n) is 2.38. The summed E-state index contributed by atoms with van der Waals surface area (Å²) in [5.74, 6) is 3.28. The van der Waals surface area contributed by atoms with Crippen LogP contribution in [0.2, 0.25) is 0 Å². The normalized spacial score (nSPS) is 12.8. The first-order chi connectivity index (χ1) is 11.3. The summed E-state index contributed by atoms with van der Waals surface area (Å²) >= 11 is 1.81. The van der Waals surface area contributed by atoms with Crippen molar-refractivity contribution in [3.8, 4) is 0 Å². The van der Waals surface area contributed by atoms with Crippen molar-refractivity contribution in [3.05, 3.63) is 41.9 Å². The van der Waals surface area contributed by atoms with Crippen molar-refractivity contribution in [2.75, 3.05) is 12.0 Å². The van der Waals surface area contributed by atoms with Gasteiger partial charge in [-0.15, -0.1) is 10.2 Å². The third-order valence-corrected chi connectivity index (χ3v) is 4.23. The van der Waals surface area contributed by atoms with Gasteiger partial charge in [0.1, 0.15) is 0 Å². The van der Waals surface area contributed by atoms with Gasteiger partial charge in [0, 0.05) is 12.6 Å². The van der Waals surface area contributed by atoms with E-state index >= 15 is 0 Å². The van der Waals surface area contributed by atoms with Crippen molar-refractivity contribution in [1.82, 2.24) is 30.1 Å². The Bertz CT molecular complexity index is 755. The first kappa shape index (κ1) is 15.9. The molecule has 3 heterocycles. The van der Waals surface area contributed by atoms with Crippen LogP contribution in [0.15, 0.2) is 28.9 Å². The van der Waals surface area contributed by atoms with Crippen molar-refractivity contribution in [2.24, 2.45) is 0 Å². The van der Waals surface area contributed by atoms with Crippen LogP contribution in [0.1, 0.15) is 36.9 Å². The largest absolute Gasteiger partial charge is 0.339 e. The molecule has 23 heavy (non-hydrogen) atoms. The minimum Gasteiger partial charge on any atom is -0.339 e. The summed E-state index contributed by atoms with van der Waals surface area (Å²) in [5, 5.41) is 16.1. The van der Waals surface area contributed by atoms with Gasteiger partial charge in [0.2, 0.25) is 5.89 Å². The molecule has 3 aromatic heterocycles. The molecule has 1 atom stereocenters. The Morgan fingerprint density at radius 1 is 1.35 bits per heavy atom. The second-order valence-electron chi connectivity index (χ2n) is 5.16. The van der Waals surface area contributed by atoms with Crippen molar-refractivity contribution in [1.29, 1.82) is 0 Å². The molecule has 0 amide bonds. The van der Waals surface area contributed by atoms with Gasteiger partial charge in [0.15, 0.2) is 17.3 Å². The van der Waals surface area contributed by atoms with Gasteiger partial charge in [0.05, 0.1) is 12.6 Å². The SMILES string of the molecule is CCc1nc(CN[C@@H](CCSC)c2nnc3ccccn23)no1. The van der Waals surface area contributed by atoms with E-state index in [1.165, 1.54) is 0 Å². The van der Waals surface area contributed by atoms with Crippen LogP contribution in [0.3, 0.4) is 0 Å². The highest BCUT2D eigenvalue weighted by molar-refractivity contribution is 7.98. The van der Waals surface area contributed by atoms with Gasteiger partial charge in [-0.25, -0.2) is 0 Å². The average molecular weight is 332 g/mol. The van der Waals surface area contributed by atoms with E-state index in [2.05, 4.69) is 31.9 Å². The summed E-state index contributed by atoms with van der Waals surface area (Å²) in [6.45, 7) is 2.54. The Hall–Kier alpha value is -1.93. The monoisotopic (exact) mass is 332 g/mol. The lowest BCUT2D eigenvalue weighted by molar-refractivity contribution is 0.372. The molecule has 0 unspecified atom stereocenters. The number of hydrogen-bond donors (Lipinski definition) is 1. The first-order valence-electron chi connectivity index (χ1n) is 7.65. The van der Waals surface area contributed by atoms with Gasteiger partial charge >= 0.3 is 0 Å². The zero-order valence-corrected chi connectivity index (χ0v) is 14.1. The molecule has 3 aromatic rings. The van der Waals surface area contributed by atoms with Gasteiger partial charge in [-0.3, -0.25) is 4.40 Å². The molecule has 7 nitrogen and oxygen atoms in total. The average Bonchev–Trinajstić information content (AvgIpc) is 3.22. The maximum atomic E-state index is 5.15. The summed E-state index contributed by atoms with van der Waals surface area (Å²) in [6.07, 6.45) is 5.79. The number of nitrogens with one attached hydrogen (secondary N) is 1. The number of pyridine rings is 1. The van der Waals surface area contributed by atoms with Crippen molar-refractivity contribution < 1.29 is 4.52 Å². The number of rotatable bonds is 8. The third-order valence-electron chi connectivity index (χ3n) is 3.58. The van der Waals surface area contributed by atoms with Gasteiger partial charge in [-0.2, -0.15) is 16.7 Å². The van der Waals surface area contributed by atoms with Gasteiger partial charge < -0.3 is 9.84 Å². The fraction of sp³-hybridized carbons (Fsp3) is 0.467. The number of thioether (sulfide) groups is 1. The van der Waals surface area contributed by atoms with Crippen LogP contribution in [-0.2, 0) is 13.0 Å². The predicted molar refractivity (Wildman–Crippen MR) is 89.2 cm³/mol. The lowest BCUT2D eigenvalue weighted by Crippen LogP contribution is -2.24. The molecule has 0 fully saturated rings. The Balaban J connectivity index is 1.77. The van der Waals surface area contributed by atoms with Crippen molar-refractivity contribution in [2.45, 2.75) is 32.4 Å². The maximum absolute atomic E-state index is 5.15. The van der Waals surface area contributed by atoms with E-state index in [0.717, 1.165) is 30.1 Å². The Morgan fingerprint density at radius 3 is 3.04 bits per heavy atom. The Labute approximate surface area is 138 Å². The summed E-state index contributed by atoms with van der Waals surface area (Å²) < 4.78 is 7.17. The molecule has 0 aliphatic carbocycles. The van der Waals surface area contributed by atoms with E-state index in [1.54, 1.807) is 0 Å². The maximum Gasteiger partial charge on any atom is 0.226 e. The third kappa shape index (κ3) is 3.70. The van der Waals surface area contributed by atoms with Crippen LogP contribution < -0.4 is 5.32 Å². The molecule has 0 aliphatic heterocycles. The van der Waals surface area contributed by atoms with Gasteiger partial charge in [-0.1, -0.05) is 18.1 Å². The molecule has 1 N–H and O–H groups in total. The van der Waals surface area contributed by atoms with E-state index in [0.29, 0.717) is 18.3 Å². The Morgan fingerprint density at radius 2 is 2.26 bits per heavy atom. The molecular formula is C15H20N6OS. The van der Waals surface area contributed by atoms with E-state index in [1.807, 2.05) is 47.5 Å². The lowest BCUT2D eigenvalue weighted by atomic mass is 10.2. The highest BCUT2D eigenvalue weighted by Gasteiger charge is 2.18. The molecule has 0 saturated carbocycles.